The molecule has 1 aromatic heterocycles. The number of hydrogen-bond acceptors (Lipinski definition) is 3. The summed E-state index contributed by atoms with van der Waals surface area (Å²) in [7, 11) is -1.21. The molecule has 1 unspecified atom stereocenters. The van der Waals surface area contributed by atoms with Crippen LogP contribution in [0.1, 0.15) is 15.2 Å². The Morgan fingerprint density at radius 1 is 1.69 bits per heavy atom. The highest BCUT2D eigenvalue weighted by Crippen LogP contribution is 2.27. The van der Waals surface area contributed by atoms with Gasteiger partial charge in [-0.15, -0.1) is 11.3 Å². The lowest BCUT2D eigenvalue weighted by Crippen LogP contribution is -2.24. The standard InChI is InChI=1S/C7H7NO3S2/c9-6(10)5-3-4-1-2-8-13(11)7(4)12-5/h3,8H,1-2H2,(H,9,10). The summed E-state index contributed by atoms with van der Waals surface area (Å²) < 4.78 is 14.8. The van der Waals surface area contributed by atoms with Crippen molar-refractivity contribution in [2.75, 3.05) is 6.54 Å². The highest BCUT2D eigenvalue weighted by atomic mass is 32.2. The van der Waals surface area contributed by atoms with Crippen LogP contribution in [-0.2, 0) is 17.4 Å². The molecule has 1 aliphatic rings. The average molecular weight is 217 g/mol. The Morgan fingerprint density at radius 2 is 2.46 bits per heavy atom. The van der Waals surface area contributed by atoms with E-state index in [1.165, 1.54) is 0 Å². The smallest absolute Gasteiger partial charge is 0.345 e. The zero-order valence-corrected chi connectivity index (χ0v) is 8.20. The predicted octanol–water partition coefficient (Wildman–Crippen LogP) is 0.615. The van der Waals surface area contributed by atoms with Crippen molar-refractivity contribution < 1.29 is 14.1 Å². The molecule has 1 aromatic rings. The molecule has 13 heavy (non-hydrogen) atoms. The molecular weight excluding hydrogens is 210 g/mol. The Balaban J connectivity index is 2.48. The highest BCUT2D eigenvalue weighted by molar-refractivity contribution is 7.85. The van der Waals surface area contributed by atoms with E-state index in [1.54, 1.807) is 6.07 Å². The molecule has 0 amide bonds. The van der Waals surface area contributed by atoms with Crippen LogP contribution in [0.4, 0.5) is 0 Å². The van der Waals surface area contributed by atoms with Crippen molar-refractivity contribution in [1.29, 1.82) is 0 Å². The maximum absolute atomic E-state index is 11.3. The fourth-order valence-corrected chi connectivity index (χ4v) is 3.54. The second kappa shape index (κ2) is 3.21. The van der Waals surface area contributed by atoms with Crippen LogP contribution in [0.3, 0.4) is 0 Å². The van der Waals surface area contributed by atoms with Crippen LogP contribution < -0.4 is 4.72 Å². The quantitative estimate of drug-likeness (QED) is 0.724. The zero-order chi connectivity index (χ0) is 9.42. The van der Waals surface area contributed by atoms with Gasteiger partial charge >= 0.3 is 5.97 Å². The van der Waals surface area contributed by atoms with Gasteiger partial charge in [0.2, 0.25) is 0 Å². The van der Waals surface area contributed by atoms with Gasteiger partial charge in [-0.1, -0.05) is 0 Å². The molecule has 2 N–H and O–H groups in total. The van der Waals surface area contributed by atoms with Gasteiger partial charge < -0.3 is 5.11 Å². The van der Waals surface area contributed by atoms with Gasteiger partial charge in [0, 0.05) is 6.54 Å². The number of thiophene rings is 1. The Kier molecular flexibility index (Phi) is 2.19. The third-order valence-electron chi connectivity index (χ3n) is 1.78. The van der Waals surface area contributed by atoms with Crippen LogP contribution in [0.2, 0.25) is 0 Å². The Bertz CT molecular complexity index is 385. The van der Waals surface area contributed by atoms with Gasteiger partial charge in [-0.2, -0.15) is 0 Å². The van der Waals surface area contributed by atoms with E-state index in [9.17, 15) is 9.00 Å². The lowest BCUT2D eigenvalue weighted by atomic mass is 10.2. The van der Waals surface area contributed by atoms with Crippen LogP contribution in [0.25, 0.3) is 0 Å². The third kappa shape index (κ3) is 1.52. The van der Waals surface area contributed by atoms with Crippen LogP contribution in [0, 0.1) is 0 Å². The van der Waals surface area contributed by atoms with E-state index in [0.717, 1.165) is 23.3 Å². The second-order valence-corrected chi connectivity index (χ2v) is 5.19. The molecule has 0 saturated heterocycles. The minimum absolute atomic E-state index is 0.266. The maximum Gasteiger partial charge on any atom is 0.345 e. The van der Waals surface area contributed by atoms with Gasteiger partial charge in [0.1, 0.15) is 20.1 Å². The largest absolute Gasteiger partial charge is 0.477 e. The summed E-state index contributed by atoms with van der Waals surface area (Å²) in [5.41, 5.74) is 0.902. The molecule has 4 nitrogen and oxygen atoms in total. The number of fused-ring (bicyclic) bond motifs is 1. The van der Waals surface area contributed by atoms with Gasteiger partial charge in [0.25, 0.3) is 0 Å². The first-order valence-electron chi connectivity index (χ1n) is 3.70. The minimum atomic E-state index is -1.21. The number of carboxylic acid groups (broad SMARTS) is 1. The zero-order valence-electron chi connectivity index (χ0n) is 6.57. The van der Waals surface area contributed by atoms with Crippen molar-refractivity contribution in [2.24, 2.45) is 0 Å². The first kappa shape index (κ1) is 8.86. The molecule has 0 fully saturated rings. The van der Waals surface area contributed by atoms with Gasteiger partial charge in [0.15, 0.2) is 0 Å². The van der Waals surface area contributed by atoms with Crippen molar-refractivity contribution in [3.8, 4) is 0 Å². The van der Waals surface area contributed by atoms with Crippen molar-refractivity contribution in [3.05, 3.63) is 16.5 Å². The SMILES string of the molecule is O=C(O)c1cc2c(s1)S(=O)NCC2. The number of rotatable bonds is 1. The molecule has 2 heterocycles. The summed E-state index contributed by atoms with van der Waals surface area (Å²) in [6, 6.07) is 1.61. The highest BCUT2D eigenvalue weighted by Gasteiger charge is 2.21. The molecule has 0 aliphatic carbocycles. The van der Waals surface area contributed by atoms with Crippen molar-refractivity contribution >= 4 is 28.3 Å². The fraction of sp³-hybridized carbons (Fsp3) is 0.286. The van der Waals surface area contributed by atoms with E-state index in [4.69, 9.17) is 5.11 Å². The van der Waals surface area contributed by atoms with Crippen LogP contribution in [0.5, 0.6) is 0 Å². The lowest BCUT2D eigenvalue weighted by molar-refractivity contribution is 0.0702. The molecule has 0 aromatic carbocycles. The topological polar surface area (TPSA) is 66.4 Å². The van der Waals surface area contributed by atoms with Crippen LogP contribution >= 0.6 is 11.3 Å². The van der Waals surface area contributed by atoms with Crippen LogP contribution in [0.15, 0.2) is 10.3 Å². The summed E-state index contributed by atoms with van der Waals surface area (Å²) in [6.07, 6.45) is 0.755. The summed E-state index contributed by atoms with van der Waals surface area (Å²) in [5.74, 6) is -0.948. The Hall–Kier alpha value is -0.720. The summed E-state index contributed by atoms with van der Waals surface area (Å²) in [5, 5.41) is 8.71. The van der Waals surface area contributed by atoms with E-state index in [2.05, 4.69) is 4.72 Å². The van der Waals surface area contributed by atoms with Gasteiger partial charge in [-0.25, -0.2) is 13.7 Å². The molecule has 0 saturated carbocycles. The van der Waals surface area contributed by atoms with E-state index < -0.39 is 17.0 Å². The summed E-state index contributed by atoms with van der Waals surface area (Å²) in [6.45, 7) is 0.648. The van der Waals surface area contributed by atoms with Crippen molar-refractivity contribution in [2.45, 2.75) is 10.6 Å². The average Bonchev–Trinajstić information content (AvgIpc) is 2.49. The van der Waals surface area contributed by atoms with Crippen molar-refractivity contribution in [3.63, 3.8) is 0 Å². The monoisotopic (exact) mass is 217 g/mol. The number of carboxylic acids is 1. The summed E-state index contributed by atoms with van der Waals surface area (Å²) >= 11 is 1.09. The van der Waals surface area contributed by atoms with E-state index in [0.29, 0.717) is 10.8 Å². The Labute approximate surface area is 81.2 Å². The molecule has 2 rings (SSSR count). The molecular formula is C7H7NO3S2. The first-order chi connectivity index (χ1) is 6.18. The van der Waals surface area contributed by atoms with Crippen molar-refractivity contribution in [1.82, 2.24) is 4.72 Å². The predicted molar refractivity (Wildman–Crippen MR) is 49.4 cm³/mol. The number of aromatic carboxylic acids is 1. The molecule has 0 spiro atoms. The molecule has 0 radical (unpaired) electrons. The third-order valence-corrected chi connectivity index (χ3v) is 4.51. The molecule has 1 aliphatic heterocycles. The first-order valence-corrected chi connectivity index (χ1v) is 5.66. The van der Waals surface area contributed by atoms with Gasteiger partial charge in [-0.05, 0) is 18.1 Å². The number of carbonyl (C=O) groups is 1. The molecule has 1 atom stereocenters. The lowest BCUT2D eigenvalue weighted by Gasteiger charge is -2.10. The number of hydrogen-bond donors (Lipinski definition) is 2. The molecule has 6 heteroatoms. The fourth-order valence-electron chi connectivity index (χ4n) is 1.19. The number of nitrogens with one attached hydrogen (secondary N) is 1. The van der Waals surface area contributed by atoms with E-state index >= 15 is 0 Å². The summed E-state index contributed by atoms with van der Waals surface area (Å²) in [4.78, 5) is 10.9. The van der Waals surface area contributed by atoms with E-state index in [1.807, 2.05) is 0 Å². The molecule has 70 valence electrons. The minimum Gasteiger partial charge on any atom is -0.477 e. The van der Waals surface area contributed by atoms with Gasteiger partial charge in [0.05, 0.1) is 0 Å². The second-order valence-electron chi connectivity index (χ2n) is 2.64. The van der Waals surface area contributed by atoms with Crippen LogP contribution in [-0.4, -0.2) is 21.8 Å². The maximum atomic E-state index is 11.3. The normalized spacial score (nSPS) is 21.1. The van der Waals surface area contributed by atoms with Gasteiger partial charge in [-0.3, -0.25) is 0 Å². The van der Waals surface area contributed by atoms with E-state index in [-0.39, 0.29) is 4.88 Å². The molecule has 0 bridgehead atoms. The Morgan fingerprint density at radius 3 is 3.08 bits per heavy atom.